The fourth-order valence-corrected chi connectivity index (χ4v) is 4.71. The summed E-state index contributed by atoms with van der Waals surface area (Å²) in [5.41, 5.74) is 10.8. The second-order valence-corrected chi connectivity index (χ2v) is 8.43. The predicted molar refractivity (Wildman–Crippen MR) is 137 cm³/mol. The third-order valence-electron chi connectivity index (χ3n) is 6.31. The Hall–Kier alpha value is -3.91. The summed E-state index contributed by atoms with van der Waals surface area (Å²) in [6, 6.07) is 34.3. The van der Waals surface area contributed by atoms with Gasteiger partial charge in [0.15, 0.2) is 0 Å². The van der Waals surface area contributed by atoms with Gasteiger partial charge in [-0.25, -0.2) is 0 Å². The minimum Gasteiger partial charge on any atom is -0.378 e. The minimum absolute atomic E-state index is 0.138. The molecule has 0 fully saturated rings. The summed E-state index contributed by atoms with van der Waals surface area (Å²) in [5, 5.41) is 8.00. The molecule has 0 amide bonds. The van der Waals surface area contributed by atoms with Crippen LogP contribution in [0.5, 0.6) is 0 Å². The van der Waals surface area contributed by atoms with Crippen molar-refractivity contribution >= 4 is 23.6 Å². The van der Waals surface area contributed by atoms with E-state index in [1.807, 2.05) is 12.1 Å². The first kappa shape index (κ1) is 20.0. The molecule has 4 aromatic rings. The number of anilines is 1. The number of benzene rings is 4. The molecule has 0 bridgehead atoms. The van der Waals surface area contributed by atoms with Gasteiger partial charge in [0, 0.05) is 31.9 Å². The molecule has 2 heteroatoms. The zero-order valence-corrected chi connectivity index (χ0v) is 18.4. The van der Waals surface area contributed by atoms with Crippen molar-refractivity contribution in [3.63, 3.8) is 0 Å². The number of hydrogen-bond acceptors (Lipinski definition) is 2. The summed E-state index contributed by atoms with van der Waals surface area (Å²) < 4.78 is 0. The molecule has 1 unspecified atom stereocenters. The molecular formula is C30H26N2. The maximum atomic E-state index is 8.00. The van der Waals surface area contributed by atoms with Crippen molar-refractivity contribution in [2.75, 3.05) is 19.0 Å². The molecule has 0 radical (unpaired) electrons. The first-order chi connectivity index (χ1) is 15.7. The van der Waals surface area contributed by atoms with Crippen LogP contribution in [0.3, 0.4) is 0 Å². The van der Waals surface area contributed by atoms with Crippen molar-refractivity contribution in [1.29, 1.82) is 5.41 Å². The highest BCUT2D eigenvalue weighted by Crippen LogP contribution is 2.49. The van der Waals surface area contributed by atoms with E-state index in [1.165, 1.54) is 39.6 Å². The second-order valence-electron chi connectivity index (χ2n) is 8.43. The van der Waals surface area contributed by atoms with E-state index >= 15 is 0 Å². The van der Waals surface area contributed by atoms with Gasteiger partial charge in [-0.15, -0.1) is 0 Å². The van der Waals surface area contributed by atoms with Crippen LogP contribution < -0.4 is 4.90 Å². The lowest BCUT2D eigenvalue weighted by atomic mass is 9.81. The quantitative estimate of drug-likeness (QED) is 0.346. The van der Waals surface area contributed by atoms with Crippen LogP contribution in [0.2, 0.25) is 0 Å². The van der Waals surface area contributed by atoms with Gasteiger partial charge in [-0.3, -0.25) is 0 Å². The number of hydrogen-bond donors (Lipinski definition) is 1. The number of nitrogens with one attached hydrogen (secondary N) is 1. The van der Waals surface area contributed by atoms with Gasteiger partial charge in [0.1, 0.15) is 0 Å². The van der Waals surface area contributed by atoms with Gasteiger partial charge in [-0.1, -0.05) is 84.9 Å². The second kappa shape index (κ2) is 8.32. The summed E-state index contributed by atoms with van der Waals surface area (Å²) in [7, 11) is 4.14. The molecule has 0 saturated carbocycles. The number of allylic oxidation sites excluding steroid dienone is 1. The Morgan fingerprint density at radius 2 is 1.44 bits per heavy atom. The summed E-state index contributed by atoms with van der Waals surface area (Å²) in [4.78, 5) is 2.14. The maximum absolute atomic E-state index is 8.00. The largest absolute Gasteiger partial charge is 0.378 e. The van der Waals surface area contributed by atoms with Gasteiger partial charge in [0.25, 0.3) is 0 Å². The number of nitrogens with zero attached hydrogens (tertiary/aromatic N) is 1. The van der Waals surface area contributed by atoms with Gasteiger partial charge in [0.2, 0.25) is 0 Å². The zero-order chi connectivity index (χ0) is 22.1. The van der Waals surface area contributed by atoms with E-state index in [0.29, 0.717) is 0 Å². The average molecular weight is 415 g/mol. The van der Waals surface area contributed by atoms with Crippen molar-refractivity contribution in [3.05, 3.63) is 125 Å². The van der Waals surface area contributed by atoms with E-state index in [2.05, 4.69) is 110 Å². The maximum Gasteiger partial charge on any atom is 0.0367 e. The van der Waals surface area contributed by atoms with E-state index in [4.69, 9.17) is 5.41 Å². The first-order valence-electron chi connectivity index (χ1n) is 10.9. The fourth-order valence-electron chi connectivity index (χ4n) is 4.71. The van der Waals surface area contributed by atoms with Crippen LogP contribution in [0.1, 0.15) is 33.7 Å². The Morgan fingerprint density at radius 3 is 2.22 bits per heavy atom. The van der Waals surface area contributed by atoms with E-state index in [9.17, 15) is 0 Å². The molecule has 0 aromatic heterocycles. The molecule has 0 saturated heterocycles. The summed E-state index contributed by atoms with van der Waals surface area (Å²) in [5.74, 6) is 0.138. The molecule has 1 aliphatic rings. The summed E-state index contributed by atoms with van der Waals surface area (Å²) in [6.07, 6.45) is 3.79. The van der Waals surface area contributed by atoms with Crippen molar-refractivity contribution < 1.29 is 0 Å². The monoisotopic (exact) mass is 414 g/mol. The van der Waals surface area contributed by atoms with E-state index in [-0.39, 0.29) is 5.92 Å². The highest BCUT2D eigenvalue weighted by Gasteiger charge is 2.30. The summed E-state index contributed by atoms with van der Waals surface area (Å²) >= 11 is 0. The third-order valence-corrected chi connectivity index (χ3v) is 6.31. The number of rotatable bonds is 5. The highest BCUT2D eigenvalue weighted by atomic mass is 15.1. The molecule has 4 aromatic carbocycles. The average Bonchev–Trinajstić information content (AvgIpc) is 3.23. The molecule has 32 heavy (non-hydrogen) atoms. The topological polar surface area (TPSA) is 27.1 Å². The van der Waals surface area contributed by atoms with Crippen molar-refractivity contribution in [2.24, 2.45) is 0 Å². The summed E-state index contributed by atoms with van der Waals surface area (Å²) in [6.45, 7) is 0. The molecule has 156 valence electrons. The highest BCUT2D eigenvalue weighted by molar-refractivity contribution is 5.97. The van der Waals surface area contributed by atoms with Crippen molar-refractivity contribution in [3.8, 4) is 11.1 Å². The standard InChI is InChI=1S/C30H26N2/c1-32(2)24-16-17-27(29(19-24)25-14-8-7-13-23(25)20-31)30-26-15-9-6-12-22(26)18-28(30)21-10-4-3-5-11-21/h3-20,30-31H,1-2H3. The Bertz CT molecular complexity index is 1320. The lowest BCUT2D eigenvalue weighted by Gasteiger charge is -2.24. The molecular weight excluding hydrogens is 388 g/mol. The molecule has 2 nitrogen and oxygen atoms in total. The fraction of sp³-hybridized carbons (Fsp3) is 0.100. The van der Waals surface area contributed by atoms with Crippen LogP contribution in [-0.2, 0) is 0 Å². The van der Waals surface area contributed by atoms with Crippen molar-refractivity contribution in [1.82, 2.24) is 0 Å². The number of fused-ring (bicyclic) bond motifs is 1. The van der Waals surface area contributed by atoms with Crippen LogP contribution >= 0.6 is 0 Å². The molecule has 1 atom stereocenters. The van der Waals surface area contributed by atoms with Gasteiger partial charge in [-0.2, -0.15) is 0 Å². The lowest BCUT2D eigenvalue weighted by molar-refractivity contribution is 1.06. The SMILES string of the molecule is CN(C)c1ccc(C2C(c3ccccc3)=Cc3ccccc32)c(-c2ccccc2C=N)c1. The van der Waals surface area contributed by atoms with E-state index < -0.39 is 0 Å². The lowest BCUT2D eigenvalue weighted by Crippen LogP contribution is -2.10. The van der Waals surface area contributed by atoms with Gasteiger partial charge in [-0.05, 0) is 62.7 Å². The Kier molecular flexibility index (Phi) is 5.20. The van der Waals surface area contributed by atoms with E-state index in [0.717, 1.165) is 16.8 Å². The first-order valence-corrected chi connectivity index (χ1v) is 10.9. The molecule has 0 spiro atoms. The zero-order valence-electron chi connectivity index (χ0n) is 18.4. The van der Waals surface area contributed by atoms with Gasteiger partial charge >= 0.3 is 0 Å². The van der Waals surface area contributed by atoms with Crippen LogP contribution in [0.4, 0.5) is 5.69 Å². The molecule has 1 N–H and O–H groups in total. The Balaban J connectivity index is 1.78. The minimum atomic E-state index is 0.138. The molecule has 0 aliphatic heterocycles. The normalized spacial score (nSPS) is 14.6. The third kappa shape index (κ3) is 3.44. The molecule has 0 heterocycles. The van der Waals surface area contributed by atoms with Crippen molar-refractivity contribution in [2.45, 2.75) is 5.92 Å². The van der Waals surface area contributed by atoms with Crippen LogP contribution in [0.15, 0.2) is 97.1 Å². The van der Waals surface area contributed by atoms with Crippen LogP contribution in [0.25, 0.3) is 22.8 Å². The van der Waals surface area contributed by atoms with Gasteiger partial charge < -0.3 is 10.3 Å². The molecule has 5 rings (SSSR count). The van der Waals surface area contributed by atoms with E-state index in [1.54, 1.807) is 0 Å². The van der Waals surface area contributed by atoms with Gasteiger partial charge in [0.05, 0.1) is 0 Å². The Labute approximate surface area is 190 Å². The smallest absolute Gasteiger partial charge is 0.0367 e. The van der Waals surface area contributed by atoms with Crippen LogP contribution in [-0.4, -0.2) is 20.3 Å². The predicted octanol–water partition coefficient (Wildman–Crippen LogP) is 7.10. The Morgan fingerprint density at radius 1 is 0.719 bits per heavy atom. The molecule has 1 aliphatic carbocycles. The van der Waals surface area contributed by atoms with Crippen LogP contribution in [0, 0.1) is 5.41 Å².